The van der Waals surface area contributed by atoms with Crippen molar-refractivity contribution in [1.82, 2.24) is 5.32 Å². The van der Waals surface area contributed by atoms with Crippen LogP contribution in [0.4, 0.5) is 0 Å². The lowest BCUT2D eigenvalue weighted by molar-refractivity contribution is 0.327. The molecule has 2 nitrogen and oxygen atoms in total. The van der Waals surface area contributed by atoms with Gasteiger partial charge in [-0.15, -0.1) is 0 Å². The smallest absolute Gasteiger partial charge is 0.122 e. The Morgan fingerprint density at radius 2 is 1.90 bits per heavy atom. The molecule has 0 heterocycles. The predicted molar refractivity (Wildman–Crippen MR) is 87.9 cm³/mol. The van der Waals surface area contributed by atoms with E-state index in [-0.39, 0.29) is 0 Å². The Balaban J connectivity index is 2.90. The fraction of sp³-hybridized carbons (Fsp3) is 0.647. The highest BCUT2D eigenvalue weighted by atomic mass is 35.5. The summed E-state index contributed by atoms with van der Waals surface area (Å²) in [6.07, 6.45) is 4.51. The molecule has 0 saturated carbocycles. The molecular weight excluding hydrogens is 270 g/mol. The molecule has 3 heteroatoms. The second kappa shape index (κ2) is 9.25. The molecule has 0 aromatic heterocycles. The van der Waals surface area contributed by atoms with Crippen LogP contribution in [0.15, 0.2) is 18.2 Å². The van der Waals surface area contributed by atoms with Gasteiger partial charge in [0.2, 0.25) is 0 Å². The fourth-order valence-corrected chi connectivity index (χ4v) is 2.93. The zero-order valence-corrected chi connectivity index (χ0v) is 14.0. The van der Waals surface area contributed by atoms with E-state index in [0.717, 1.165) is 30.2 Å². The first kappa shape index (κ1) is 17.3. The van der Waals surface area contributed by atoms with Gasteiger partial charge in [0, 0.05) is 11.1 Å². The lowest BCUT2D eigenvalue weighted by atomic mass is 9.89. The molecule has 0 spiro atoms. The number of hydrogen-bond donors (Lipinski definition) is 1. The monoisotopic (exact) mass is 297 g/mol. The van der Waals surface area contributed by atoms with E-state index in [1.54, 1.807) is 7.11 Å². The van der Waals surface area contributed by atoms with Gasteiger partial charge in [-0.3, -0.25) is 0 Å². The van der Waals surface area contributed by atoms with Crippen LogP contribution in [-0.4, -0.2) is 19.7 Å². The van der Waals surface area contributed by atoms with Crippen molar-refractivity contribution in [2.75, 3.05) is 13.7 Å². The van der Waals surface area contributed by atoms with Gasteiger partial charge in [0.1, 0.15) is 5.75 Å². The number of rotatable bonds is 9. The summed E-state index contributed by atoms with van der Waals surface area (Å²) in [6.45, 7) is 7.80. The fourth-order valence-electron chi connectivity index (χ4n) is 2.74. The van der Waals surface area contributed by atoms with Crippen molar-refractivity contribution in [3.63, 3.8) is 0 Å². The van der Waals surface area contributed by atoms with Crippen LogP contribution in [0.5, 0.6) is 5.75 Å². The molecule has 1 N–H and O–H groups in total. The molecule has 0 aliphatic rings. The van der Waals surface area contributed by atoms with E-state index in [9.17, 15) is 0 Å². The van der Waals surface area contributed by atoms with E-state index in [0.29, 0.717) is 12.0 Å². The first-order valence-corrected chi connectivity index (χ1v) is 8.09. The summed E-state index contributed by atoms with van der Waals surface area (Å²) in [5.41, 5.74) is 1.19. The van der Waals surface area contributed by atoms with Crippen LogP contribution < -0.4 is 10.1 Å². The topological polar surface area (TPSA) is 21.3 Å². The summed E-state index contributed by atoms with van der Waals surface area (Å²) < 4.78 is 5.47. The van der Waals surface area contributed by atoms with E-state index < -0.39 is 0 Å². The highest BCUT2D eigenvalue weighted by Gasteiger charge is 2.20. The highest BCUT2D eigenvalue weighted by Crippen LogP contribution is 2.26. The lowest BCUT2D eigenvalue weighted by Crippen LogP contribution is -2.38. The van der Waals surface area contributed by atoms with Crippen LogP contribution in [0.3, 0.4) is 0 Å². The lowest BCUT2D eigenvalue weighted by Gasteiger charge is -2.27. The Morgan fingerprint density at radius 1 is 1.20 bits per heavy atom. The largest absolute Gasteiger partial charge is 0.496 e. The second-order valence-electron chi connectivity index (χ2n) is 5.30. The minimum absolute atomic E-state index is 0.484. The molecule has 1 atom stereocenters. The molecule has 0 aliphatic carbocycles. The van der Waals surface area contributed by atoms with Gasteiger partial charge in [-0.05, 0) is 49.1 Å². The van der Waals surface area contributed by atoms with Crippen LogP contribution in [-0.2, 0) is 6.42 Å². The first-order valence-electron chi connectivity index (χ1n) is 7.71. The molecule has 1 aromatic carbocycles. The molecule has 0 bridgehead atoms. The molecule has 20 heavy (non-hydrogen) atoms. The normalized spacial score (nSPS) is 12.7. The maximum Gasteiger partial charge on any atom is 0.122 e. The van der Waals surface area contributed by atoms with Gasteiger partial charge >= 0.3 is 0 Å². The van der Waals surface area contributed by atoms with Crippen molar-refractivity contribution < 1.29 is 4.74 Å². The molecule has 114 valence electrons. The Hall–Kier alpha value is -0.730. The average molecular weight is 298 g/mol. The second-order valence-corrected chi connectivity index (χ2v) is 5.73. The number of methoxy groups -OCH3 is 1. The number of hydrogen-bond acceptors (Lipinski definition) is 2. The van der Waals surface area contributed by atoms with Crippen LogP contribution in [0.1, 0.15) is 45.6 Å². The summed E-state index contributed by atoms with van der Waals surface area (Å²) in [7, 11) is 1.72. The molecule has 0 fully saturated rings. The number of halogens is 1. The van der Waals surface area contributed by atoms with E-state index in [4.69, 9.17) is 16.3 Å². The molecular formula is C17H28ClNO. The van der Waals surface area contributed by atoms with E-state index >= 15 is 0 Å². The zero-order valence-electron chi connectivity index (χ0n) is 13.2. The van der Waals surface area contributed by atoms with Crippen molar-refractivity contribution in [3.8, 4) is 5.75 Å². The zero-order chi connectivity index (χ0) is 15.0. The minimum atomic E-state index is 0.484. The Bertz CT molecular complexity index is 391. The molecule has 1 aromatic rings. The van der Waals surface area contributed by atoms with Crippen molar-refractivity contribution >= 4 is 11.6 Å². The molecule has 0 amide bonds. The quantitative estimate of drug-likeness (QED) is 0.713. The van der Waals surface area contributed by atoms with Crippen molar-refractivity contribution in [3.05, 3.63) is 28.8 Å². The van der Waals surface area contributed by atoms with Gasteiger partial charge in [-0.1, -0.05) is 45.2 Å². The standard InChI is InChI=1S/C17H28ClNO/c1-5-10-19-16(13(6-2)7-3)12-14-11-15(18)8-9-17(14)20-4/h8-9,11,13,16,19H,5-7,10,12H2,1-4H3. The Kier molecular flexibility index (Phi) is 8.01. The third-order valence-corrected chi connectivity index (χ3v) is 4.19. The predicted octanol–water partition coefficient (Wildman–Crippen LogP) is 4.70. The van der Waals surface area contributed by atoms with E-state index in [1.807, 2.05) is 18.2 Å². The summed E-state index contributed by atoms with van der Waals surface area (Å²) in [6, 6.07) is 6.36. The number of nitrogens with one attached hydrogen (secondary N) is 1. The molecule has 0 radical (unpaired) electrons. The minimum Gasteiger partial charge on any atom is -0.496 e. The number of ether oxygens (including phenoxy) is 1. The third-order valence-electron chi connectivity index (χ3n) is 3.96. The maximum absolute atomic E-state index is 6.13. The van der Waals surface area contributed by atoms with Crippen LogP contribution >= 0.6 is 11.6 Å². The van der Waals surface area contributed by atoms with E-state index in [1.165, 1.54) is 18.4 Å². The maximum atomic E-state index is 6.13. The van der Waals surface area contributed by atoms with Crippen LogP contribution in [0.2, 0.25) is 5.02 Å². The van der Waals surface area contributed by atoms with Crippen molar-refractivity contribution in [2.45, 2.75) is 52.5 Å². The van der Waals surface area contributed by atoms with Gasteiger partial charge in [0.15, 0.2) is 0 Å². The van der Waals surface area contributed by atoms with Gasteiger partial charge in [-0.2, -0.15) is 0 Å². The first-order chi connectivity index (χ1) is 9.65. The van der Waals surface area contributed by atoms with E-state index in [2.05, 4.69) is 26.1 Å². The van der Waals surface area contributed by atoms with Crippen molar-refractivity contribution in [1.29, 1.82) is 0 Å². The molecule has 1 unspecified atom stereocenters. The van der Waals surface area contributed by atoms with Crippen LogP contribution in [0, 0.1) is 5.92 Å². The molecule has 0 aliphatic heterocycles. The SMILES string of the molecule is CCCNC(Cc1cc(Cl)ccc1OC)C(CC)CC. The Morgan fingerprint density at radius 3 is 2.45 bits per heavy atom. The highest BCUT2D eigenvalue weighted by molar-refractivity contribution is 6.30. The number of benzene rings is 1. The average Bonchev–Trinajstić information content (AvgIpc) is 2.46. The summed E-state index contributed by atoms with van der Waals surface area (Å²) in [5, 5.41) is 4.47. The van der Waals surface area contributed by atoms with Crippen LogP contribution in [0.25, 0.3) is 0 Å². The van der Waals surface area contributed by atoms with Gasteiger partial charge < -0.3 is 10.1 Å². The summed E-state index contributed by atoms with van der Waals surface area (Å²) in [5.74, 6) is 1.62. The molecule has 1 rings (SSSR count). The molecule has 0 saturated heterocycles. The summed E-state index contributed by atoms with van der Waals surface area (Å²) in [4.78, 5) is 0. The van der Waals surface area contributed by atoms with Gasteiger partial charge in [-0.25, -0.2) is 0 Å². The summed E-state index contributed by atoms with van der Waals surface area (Å²) >= 11 is 6.13. The van der Waals surface area contributed by atoms with Gasteiger partial charge in [0.05, 0.1) is 7.11 Å². The van der Waals surface area contributed by atoms with Crippen molar-refractivity contribution in [2.24, 2.45) is 5.92 Å². The van der Waals surface area contributed by atoms with Gasteiger partial charge in [0.25, 0.3) is 0 Å². The Labute approximate surface area is 128 Å². The third kappa shape index (κ3) is 4.99.